The third-order valence-electron chi connectivity index (χ3n) is 4.78. The lowest BCUT2D eigenvalue weighted by molar-refractivity contribution is 0.116. The van der Waals surface area contributed by atoms with Crippen molar-refractivity contribution in [1.29, 1.82) is 0 Å². The molecule has 0 aromatic rings. The highest BCUT2D eigenvalue weighted by molar-refractivity contribution is 4.90. The third-order valence-corrected chi connectivity index (χ3v) is 4.78. The fraction of sp³-hybridized carbons (Fsp3) is 1.00. The van der Waals surface area contributed by atoms with Crippen LogP contribution in [0.25, 0.3) is 0 Å². The van der Waals surface area contributed by atoms with Gasteiger partial charge >= 0.3 is 0 Å². The van der Waals surface area contributed by atoms with E-state index < -0.39 is 0 Å². The molecule has 2 fully saturated rings. The van der Waals surface area contributed by atoms with Gasteiger partial charge in [0.2, 0.25) is 0 Å². The molecule has 2 aliphatic rings. The molecule has 1 heterocycles. The van der Waals surface area contributed by atoms with E-state index in [-0.39, 0.29) is 0 Å². The summed E-state index contributed by atoms with van der Waals surface area (Å²) in [5, 5.41) is 3.97. The molecule has 1 N–H and O–H groups in total. The Balaban J connectivity index is 1.92. The Morgan fingerprint density at radius 1 is 0.889 bits per heavy atom. The average molecular weight is 253 g/mol. The second-order valence-corrected chi connectivity index (χ2v) is 7.27. The molecule has 2 rings (SSSR count). The molecule has 3 atom stereocenters. The lowest BCUT2D eigenvalue weighted by Gasteiger charge is -2.42. The molecule has 0 bridgehead atoms. The molecular weight excluding hydrogens is 222 g/mol. The number of ether oxygens (including phenoxy) is 1. The van der Waals surface area contributed by atoms with Crippen LogP contribution in [0.2, 0.25) is 0 Å². The summed E-state index contributed by atoms with van der Waals surface area (Å²) in [4.78, 5) is 0. The predicted molar refractivity (Wildman–Crippen MR) is 76.8 cm³/mol. The highest BCUT2D eigenvalue weighted by Crippen LogP contribution is 2.38. The van der Waals surface area contributed by atoms with Gasteiger partial charge < -0.3 is 10.1 Å². The van der Waals surface area contributed by atoms with Gasteiger partial charge in [-0.25, -0.2) is 0 Å². The van der Waals surface area contributed by atoms with Gasteiger partial charge in [0.15, 0.2) is 0 Å². The second-order valence-electron chi connectivity index (χ2n) is 7.27. The van der Waals surface area contributed by atoms with Gasteiger partial charge in [-0.3, -0.25) is 0 Å². The van der Waals surface area contributed by atoms with E-state index in [2.05, 4.69) is 26.1 Å². The van der Waals surface area contributed by atoms with Crippen molar-refractivity contribution in [1.82, 2.24) is 5.32 Å². The summed E-state index contributed by atoms with van der Waals surface area (Å²) in [6.07, 6.45) is 9.34. The van der Waals surface area contributed by atoms with Gasteiger partial charge in [-0.05, 0) is 43.4 Å². The van der Waals surface area contributed by atoms with Gasteiger partial charge in [0, 0.05) is 25.3 Å². The lowest BCUT2D eigenvalue weighted by atomic mass is 9.69. The zero-order valence-electron chi connectivity index (χ0n) is 12.5. The molecule has 106 valence electrons. The molecule has 2 heteroatoms. The monoisotopic (exact) mass is 253 g/mol. The highest BCUT2D eigenvalue weighted by Gasteiger charge is 2.34. The summed E-state index contributed by atoms with van der Waals surface area (Å²) in [5.74, 6) is 0.843. The van der Waals surface area contributed by atoms with Crippen LogP contribution in [0.3, 0.4) is 0 Å². The van der Waals surface area contributed by atoms with Crippen LogP contribution in [-0.4, -0.2) is 25.3 Å². The predicted octanol–water partition coefficient (Wildman–Crippen LogP) is 3.75. The smallest absolute Gasteiger partial charge is 0.0480 e. The summed E-state index contributed by atoms with van der Waals surface area (Å²) < 4.78 is 5.57. The molecule has 3 unspecified atom stereocenters. The van der Waals surface area contributed by atoms with Crippen molar-refractivity contribution in [3.05, 3.63) is 0 Å². The summed E-state index contributed by atoms with van der Waals surface area (Å²) >= 11 is 0. The molecule has 0 radical (unpaired) electrons. The van der Waals surface area contributed by atoms with Gasteiger partial charge in [-0.15, -0.1) is 0 Å². The van der Waals surface area contributed by atoms with Crippen molar-refractivity contribution in [2.45, 2.75) is 77.8 Å². The van der Waals surface area contributed by atoms with E-state index in [1.807, 2.05) is 0 Å². The van der Waals surface area contributed by atoms with Crippen LogP contribution in [-0.2, 0) is 4.74 Å². The largest absolute Gasteiger partial charge is 0.381 e. The summed E-state index contributed by atoms with van der Waals surface area (Å²) in [6.45, 7) is 9.14. The minimum atomic E-state index is 0.444. The Morgan fingerprint density at radius 2 is 1.67 bits per heavy atom. The van der Waals surface area contributed by atoms with Gasteiger partial charge in [-0.1, -0.05) is 33.6 Å². The summed E-state index contributed by atoms with van der Waals surface area (Å²) in [5.41, 5.74) is 0.444. The maximum atomic E-state index is 5.57. The Bertz CT molecular complexity index is 238. The van der Waals surface area contributed by atoms with Crippen molar-refractivity contribution >= 4 is 0 Å². The third kappa shape index (κ3) is 3.96. The van der Waals surface area contributed by atoms with Crippen molar-refractivity contribution in [2.24, 2.45) is 11.3 Å². The Morgan fingerprint density at radius 3 is 2.44 bits per heavy atom. The molecule has 1 saturated carbocycles. The molecule has 2 nitrogen and oxygen atoms in total. The number of nitrogens with one attached hydrogen (secondary N) is 1. The fourth-order valence-corrected chi connectivity index (χ4v) is 3.74. The molecule has 1 saturated heterocycles. The average Bonchev–Trinajstić information content (AvgIpc) is 2.57. The molecule has 0 amide bonds. The van der Waals surface area contributed by atoms with Crippen LogP contribution >= 0.6 is 0 Å². The Kier molecular flexibility index (Phi) is 5.08. The minimum absolute atomic E-state index is 0.444. The van der Waals surface area contributed by atoms with E-state index >= 15 is 0 Å². The quantitative estimate of drug-likeness (QED) is 0.809. The summed E-state index contributed by atoms with van der Waals surface area (Å²) in [6, 6.07) is 1.43. The standard InChI is InChI=1S/C16H31NO/c1-16(2,3)14-8-4-5-9-15(14)17-13-7-6-11-18-12-10-13/h13-15,17H,4-12H2,1-3H3. The number of rotatable bonds is 2. The van der Waals surface area contributed by atoms with Gasteiger partial charge in [0.1, 0.15) is 0 Å². The topological polar surface area (TPSA) is 21.3 Å². The normalized spacial score (nSPS) is 35.2. The number of hydrogen-bond donors (Lipinski definition) is 1. The maximum absolute atomic E-state index is 5.57. The van der Waals surface area contributed by atoms with E-state index in [4.69, 9.17) is 4.74 Å². The SMILES string of the molecule is CC(C)(C)C1CCCCC1NC1CCCOCC1. The molecule has 0 spiro atoms. The van der Waals surface area contributed by atoms with Crippen molar-refractivity contribution in [2.75, 3.05) is 13.2 Å². The van der Waals surface area contributed by atoms with Crippen LogP contribution in [0, 0.1) is 11.3 Å². The molecule has 1 aliphatic carbocycles. The first-order valence-electron chi connectivity index (χ1n) is 7.91. The maximum Gasteiger partial charge on any atom is 0.0480 e. The van der Waals surface area contributed by atoms with Crippen molar-refractivity contribution in [3.8, 4) is 0 Å². The van der Waals surface area contributed by atoms with E-state index in [9.17, 15) is 0 Å². The lowest BCUT2D eigenvalue weighted by Crippen LogP contribution is -2.48. The zero-order valence-corrected chi connectivity index (χ0v) is 12.5. The van der Waals surface area contributed by atoms with E-state index in [0.29, 0.717) is 11.5 Å². The molecular formula is C16H31NO. The van der Waals surface area contributed by atoms with Crippen molar-refractivity contribution in [3.63, 3.8) is 0 Å². The highest BCUT2D eigenvalue weighted by atomic mass is 16.5. The van der Waals surface area contributed by atoms with Crippen LogP contribution in [0.15, 0.2) is 0 Å². The molecule has 18 heavy (non-hydrogen) atoms. The van der Waals surface area contributed by atoms with Gasteiger partial charge in [-0.2, -0.15) is 0 Å². The van der Waals surface area contributed by atoms with E-state index in [1.54, 1.807) is 0 Å². The van der Waals surface area contributed by atoms with Gasteiger partial charge in [0.25, 0.3) is 0 Å². The van der Waals surface area contributed by atoms with Gasteiger partial charge in [0.05, 0.1) is 0 Å². The molecule has 0 aromatic carbocycles. The summed E-state index contributed by atoms with van der Waals surface area (Å²) in [7, 11) is 0. The van der Waals surface area contributed by atoms with Crippen LogP contribution < -0.4 is 5.32 Å². The van der Waals surface area contributed by atoms with E-state index in [1.165, 1.54) is 44.9 Å². The zero-order chi connectivity index (χ0) is 13.0. The Labute approximate surface area is 113 Å². The Hall–Kier alpha value is -0.0800. The van der Waals surface area contributed by atoms with Crippen LogP contribution in [0.4, 0.5) is 0 Å². The van der Waals surface area contributed by atoms with Crippen LogP contribution in [0.5, 0.6) is 0 Å². The molecule has 1 aliphatic heterocycles. The number of hydrogen-bond acceptors (Lipinski definition) is 2. The van der Waals surface area contributed by atoms with Crippen molar-refractivity contribution < 1.29 is 4.74 Å². The van der Waals surface area contributed by atoms with E-state index in [0.717, 1.165) is 25.2 Å². The minimum Gasteiger partial charge on any atom is -0.381 e. The first kappa shape index (κ1) is 14.3. The first-order valence-corrected chi connectivity index (χ1v) is 7.91. The fourth-order valence-electron chi connectivity index (χ4n) is 3.74. The molecule has 0 aromatic heterocycles. The second kappa shape index (κ2) is 6.38. The van der Waals surface area contributed by atoms with Crippen LogP contribution in [0.1, 0.15) is 65.7 Å². The first-order chi connectivity index (χ1) is 8.57.